The van der Waals surface area contributed by atoms with Gasteiger partial charge in [0.2, 0.25) is 0 Å². The number of nitrogens with two attached hydrogens (primary N) is 1. The molecular formula is C11H26N4O. The van der Waals surface area contributed by atoms with Gasteiger partial charge in [0.1, 0.15) is 5.84 Å². The average Bonchev–Trinajstić information content (AvgIpc) is 2.26. The van der Waals surface area contributed by atoms with Crippen molar-refractivity contribution in [1.82, 2.24) is 10.2 Å². The van der Waals surface area contributed by atoms with Crippen LogP contribution in [0.2, 0.25) is 0 Å². The molecular weight excluding hydrogens is 204 g/mol. The van der Waals surface area contributed by atoms with Gasteiger partial charge in [-0.1, -0.05) is 5.16 Å². The first-order chi connectivity index (χ1) is 7.57. The molecule has 0 atom stereocenters. The number of rotatable bonds is 9. The minimum atomic E-state index is 0.307. The fraction of sp³-hybridized carbons (Fsp3) is 0.909. The van der Waals surface area contributed by atoms with E-state index in [1.54, 1.807) is 0 Å². The minimum absolute atomic E-state index is 0.307. The molecule has 0 unspecified atom stereocenters. The Kier molecular flexibility index (Phi) is 8.94. The normalized spacial score (nSPS) is 12.7. The summed E-state index contributed by atoms with van der Waals surface area (Å²) >= 11 is 0. The van der Waals surface area contributed by atoms with Crippen molar-refractivity contribution in [1.29, 1.82) is 0 Å². The average molecular weight is 230 g/mol. The Balaban J connectivity index is 3.22. The highest BCUT2D eigenvalue weighted by atomic mass is 16.4. The highest BCUT2D eigenvalue weighted by Crippen LogP contribution is 1.94. The lowest BCUT2D eigenvalue weighted by Crippen LogP contribution is -2.29. The molecule has 0 bridgehead atoms. The summed E-state index contributed by atoms with van der Waals surface area (Å²) < 4.78 is 0. The van der Waals surface area contributed by atoms with Gasteiger partial charge in [-0.05, 0) is 53.4 Å². The van der Waals surface area contributed by atoms with Crippen molar-refractivity contribution in [2.24, 2.45) is 10.9 Å². The topological polar surface area (TPSA) is 73.9 Å². The van der Waals surface area contributed by atoms with Crippen molar-refractivity contribution in [3.8, 4) is 0 Å². The van der Waals surface area contributed by atoms with Crippen molar-refractivity contribution < 1.29 is 5.21 Å². The maximum Gasteiger partial charge on any atom is 0.139 e. The van der Waals surface area contributed by atoms with Crippen LogP contribution in [0.15, 0.2) is 5.16 Å². The summed E-state index contributed by atoms with van der Waals surface area (Å²) in [6.07, 6.45) is 2.71. The van der Waals surface area contributed by atoms with Crippen molar-refractivity contribution in [3.63, 3.8) is 0 Å². The van der Waals surface area contributed by atoms with E-state index in [-0.39, 0.29) is 0 Å². The van der Waals surface area contributed by atoms with Crippen LogP contribution in [0.25, 0.3) is 0 Å². The molecule has 0 aromatic rings. The van der Waals surface area contributed by atoms with Gasteiger partial charge in [-0.3, -0.25) is 0 Å². The molecule has 0 fully saturated rings. The first-order valence-electron chi connectivity index (χ1n) is 5.95. The van der Waals surface area contributed by atoms with Crippen molar-refractivity contribution in [2.75, 3.05) is 26.7 Å². The summed E-state index contributed by atoms with van der Waals surface area (Å²) in [5.74, 6) is 0.307. The molecule has 5 nitrogen and oxygen atoms in total. The van der Waals surface area contributed by atoms with E-state index in [9.17, 15) is 0 Å². The molecule has 0 spiro atoms. The molecule has 16 heavy (non-hydrogen) atoms. The molecule has 0 saturated heterocycles. The summed E-state index contributed by atoms with van der Waals surface area (Å²) in [6.45, 7) is 7.45. The Bertz CT molecular complexity index is 194. The van der Waals surface area contributed by atoms with Gasteiger partial charge in [-0.2, -0.15) is 0 Å². The molecule has 0 aliphatic heterocycles. The van der Waals surface area contributed by atoms with Gasteiger partial charge in [0, 0.05) is 12.5 Å². The summed E-state index contributed by atoms with van der Waals surface area (Å²) in [5, 5.41) is 14.6. The fourth-order valence-electron chi connectivity index (χ4n) is 1.28. The second-order valence-electron chi connectivity index (χ2n) is 4.37. The van der Waals surface area contributed by atoms with Gasteiger partial charge in [-0.25, -0.2) is 0 Å². The molecule has 0 radical (unpaired) electrons. The smallest absolute Gasteiger partial charge is 0.139 e. The van der Waals surface area contributed by atoms with Crippen LogP contribution in [-0.4, -0.2) is 48.7 Å². The van der Waals surface area contributed by atoms with Gasteiger partial charge >= 0.3 is 0 Å². The summed E-state index contributed by atoms with van der Waals surface area (Å²) in [6, 6.07) is 0.612. The number of hydrogen-bond donors (Lipinski definition) is 3. The fourth-order valence-corrected chi connectivity index (χ4v) is 1.28. The number of hydrogen-bond acceptors (Lipinski definition) is 4. The van der Waals surface area contributed by atoms with E-state index in [1.807, 2.05) is 0 Å². The number of nitrogens with one attached hydrogen (secondary N) is 1. The summed E-state index contributed by atoms with van der Waals surface area (Å²) in [5.41, 5.74) is 5.35. The van der Waals surface area contributed by atoms with E-state index >= 15 is 0 Å². The SMILES string of the molecule is CC(C)N(C)CCCNCCCC(N)=NO. The Morgan fingerprint density at radius 3 is 2.56 bits per heavy atom. The van der Waals surface area contributed by atoms with Crippen molar-refractivity contribution in [3.05, 3.63) is 0 Å². The predicted octanol–water partition coefficient (Wildman–Crippen LogP) is 0.833. The van der Waals surface area contributed by atoms with E-state index in [1.165, 1.54) is 0 Å². The largest absolute Gasteiger partial charge is 0.409 e. The number of amidine groups is 1. The molecule has 0 rings (SSSR count). The lowest BCUT2D eigenvalue weighted by molar-refractivity contribution is 0.269. The van der Waals surface area contributed by atoms with Crippen LogP contribution < -0.4 is 11.1 Å². The molecule has 0 aliphatic carbocycles. The summed E-state index contributed by atoms with van der Waals surface area (Å²) in [4.78, 5) is 2.33. The highest BCUT2D eigenvalue weighted by Gasteiger charge is 2.01. The molecule has 0 amide bonds. The molecule has 0 aliphatic rings. The lowest BCUT2D eigenvalue weighted by atomic mass is 10.3. The maximum atomic E-state index is 8.33. The monoisotopic (exact) mass is 230 g/mol. The molecule has 0 aromatic carbocycles. The molecule has 96 valence electrons. The van der Waals surface area contributed by atoms with E-state index in [0.717, 1.165) is 32.5 Å². The first kappa shape index (κ1) is 15.2. The number of oxime groups is 1. The van der Waals surface area contributed by atoms with Crippen LogP contribution in [0.3, 0.4) is 0 Å². The van der Waals surface area contributed by atoms with Gasteiger partial charge in [0.05, 0.1) is 0 Å². The Morgan fingerprint density at radius 1 is 1.38 bits per heavy atom. The first-order valence-corrected chi connectivity index (χ1v) is 5.95. The van der Waals surface area contributed by atoms with Crippen LogP contribution in [0.1, 0.15) is 33.1 Å². The van der Waals surface area contributed by atoms with E-state index in [2.05, 4.69) is 36.3 Å². The zero-order valence-corrected chi connectivity index (χ0v) is 10.7. The zero-order valence-electron chi connectivity index (χ0n) is 10.7. The van der Waals surface area contributed by atoms with Gasteiger partial charge < -0.3 is 21.2 Å². The van der Waals surface area contributed by atoms with Gasteiger partial charge in [-0.15, -0.1) is 0 Å². The zero-order chi connectivity index (χ0) is 12.4. The van der Waals surface area contributed by atoms with E-state index < -0.39 is 0 Å². The van der Waals surface area contributed by atoms with Crippen molar-refractivity contribution >= 4 is 5.84 Å². The maximum absolute atomic E-state index is 8.33. The molecule has 4 N–H and O–H groups in total. The van der Waals surface area contributed by atoms with Crippen LogP contribution in [-0.2, 0) is 0 Å². The third-order valence-corrected chi connectivity index (χ3v) is 2.66. The molecule has 5 heteroatoms. The Labute approximate surface area is 98.7 Å². The molecule has 0 aromatic heterocycles. The van der Waals surface area contributed by atoms with Crippen LogP contribution >= 0.6 is 0 Å². The second-order valence-corrected chi connectivity index (χ2v) is 4.37. The van der Waals surface area contributed by atoms with E-state index in [0.29, 0.717) is 18.3 Å². The van der Waals surface area contributed by atoms with Crippen molar-refractivity contribution in [2.45, 2.75) is 39.2 Å². The number of nitrogens with zero attached hydrogens (tertiary/aromatic N) is 2. The lowest BCUT2D eigenvalue weighted by Gasteiger charge is -2.20. The van der Waals surface area contributed by atoms with Crippen LogP contribution in [0.4, 0.5) is 0 Å². The van der Waals surface area contributed by atoms with Gasteiger partial charge in [0.15, 0.2) is 0 Å². The predicted molar refractivity (Wildman–Crippen MR) is 67.9 cm³/mol. The van der Waals surface area contributed by atoms with Crippen LogP contribution in [0, 0.1) is 0 Å². The standard InChI is InChI=1S/C11H26N4O/c1-10(2)15(3)9-5-8-13-7-4-6-11(12)14-16/h10,13,16H,4-9H2,1-3H3,(H2,12,14). The Morgan fingerprint density at radius 2 is 2.00 bits per heavy atom. The Hall–Kier alpha value is -0.810. The quantitative estimate of drug-likeness (QED) is 0.180. The summed E-state index contributed by atoms with van der Waals surface area (Å²) in [7, 11) is 2.14. The second kappa shape index (κ2) is 9.42. The third-order valence-electron chi connectivity index (χ3n) is 2.66. The van der Waals surface area contributed by atoms with E-state index in [4.69, 9.17) is 10.9 Å². The molecule has 0 heterocycles. The third kappa shape index (κ3) is 8.49. The highest BCUT2D eigenvalue weighted by molar-refractivity contribution is 5.79. The van der Waals surface area contributed by atoms with Crippen LogP contribution in [0.5, 0.6) is 0 Å². The van der Waals surface area contributed by atoms with Gasteiger partial charge in [0.25, 0.3) is 0 Å². The minimum Gasteiger partial charge on any atom is -0.409 e. The molecule has 0 saturated carbocycles.